The lowest BCUT2D eigenvalue weighted by Crippen LogP contribution is -2.14. The summed E-state index contributed by atoms with van der Waals surface area (Å²) in [5, 5.41) is 9.31. The number of hydrogen-bond acceptors (Lipinski definition) is 5. The number of para-hydroxylation sites is 1. The molecule has 27 heavy (non-hydrogen) atoms. The summed E-state index contributed by atoms with van der Waals surface area (Å²) in [6, 6.07) is 10.4. The van der Waals surface area contributed by atoms with Crippen LogP contribution >= 0.6 is 0 Å². The Morgan fingerprint density at radius 1 is 1.26 bits per heavy atom. The van der Waals surface area contributed by atoms with Gasteiger partial charge in [-0.1, -0.05) is 18.2 Å². The molecule has 7 nitrogen and oxygen atoms in total. The van der Waals surface area contributed by atoms with Crippen molar-refractivity contribution >= 4 is 0 Å². The zero-order chi connectivity index (χ0) is 18.8. The standard InChI is InChI=1S/C20H25N5O2/c1-14(2)24-17(8-10-21-24)20-22-19(23-25(20)16-9-11-27-13-16)12-15-6-4-5-7-18(15)26-3/h4-8,10,14,16H,9,11-13H2,1-3H3. The predicted molar refractivity (Wildman–Crippen MR) is 102 cm³/mol. The second-order valence-electron chi connectivity index (χ2n) is 7.06. The topological polar surface area (TPSA) is 67.0 Å². The normalized spacial score (nSPS) is 17.0. The van der Waals surface area contributed by atoms with E-state index in [9.17, 15) is 0 Å². The molecule has 7 heteroatoms. The van der Waals surface area contributed by atoms with E-state index in [1.54, 1.807) is 7.11 Å². The fraction of sp³-hybridized carbons (Fsp3) is 0.450. The molecule has 1 saturated heterocycles. The summed E-state index contributed by atoms with van der Waals surface area (Å²) in [7, 11) is 1.69. The molecule has 1 aliphatic rings. The van der Waals surface area contributed by atoms with E-state index < -0.39 is 0 Å². The number of ether oxygens (including phenoxy) is 2. The van der Waals surface area contributed by atoms with Crippen molar-refractivity contribution in [2.75, 3.05) is 20.3 Å². The summed E-state index contributed by atoms with van der Waals surface area (Å²) in [5.74, 6) is 2.48. The van der Waals surface area contributed by atoms with Crippen LogP contribution in [0.15, 0.2) is 36.5 Å². The summed E-state index contributed by atoms with van der Waals surface area (Å²) in [5.41, 5.74) is 2.06. The second-order valence-corrected chi connectivity index (χ2v) is 7.06. The summed E-state index contributed by atoms with van der Waals surface area (Å²) < 4.78 is 15.1. The van der Waals surface area contributed by atoms with E-state index in [1.807, 2.05) is 39.8 Å². The first kappa shape index (κ1) is 17.7. The molecule has 2 aromatic heterocycles. The SMILES string of the molecule is COc1ccccc1Cc1nc(-c2ccnn2C(C)C)n(C2CCOC2)n1. The van der Waals surface area contributed by atoms with E-state index in [4.69, 9.17) is 19.6 Å². The minimum absolute atomic E-state index is 0.203. The Balaban J connectivity index is 1.75. The number of benzene rings is 1. The Kier molecular flexibility index (Phi) is 4.94. The monoisotopic (exact) mass is 367 g/mol. The van der Waals surface area contributed by atoms with Crippen LogP contribution in [0.5, 0.6) is 5.75 Å². The highest BCUT2D eigenvalue weighted by Gasteiger charge is 2.26. The van der Waals surface area contributed by atoms with Gasteiger partial charge >= 0.3 is 0 Å². The Morgan fingerprint density at radius 2 is 2.11 bits per heavy atom. The van der Waals surface area contributed by atoms with Crippen LogP contribution in [0.1, 0.15) is 43.7 Å². The summed E-state index contributed by atoms with van der Waals surface area (Å²) in [4.78, 5) is 4.89. The fourth-order valence-corrected chi connectivity index (χ4v) is 3.51. The number of methoxy groups -OCH3 is 1. The average Bonchev–Trinajstić information content (AvgIpc) is 3.41. The Hall–Kier alpha value is -2.67. The van der Waals surface area contributed by atoms with Gasteiger partial charge in [0.1, 0.15) is 11.4 Å². The van der Waals surface area contributed by atoms with Crippen LogP contribution in [0.25, 0.3) is 11.5 Å². The molecule has 1 fully saturated rings. The molecular weight excluding hydrogens is 342 g/mol. The molecule has 3 heterocycles. The lowest BCUT2D eigenvalue weighted by molar-refractivity contribution is 0.184. The van der Waals surface area contributed by atoms with Crippen LogP contribution in [0.2, 0.25) is 0 Å². The minimum atomic E-state index is 0.203. The Labute approximate surface area is 158 Å². The van der Waals surface area contributed by atoms with E-state index in [-0.39, 0.29) is 12.1 Å². The molecule has 0 bridgehead atoms. The molecule has 1 atom stereocenters. The van der Waals surface area contributed by atoms with Gasteiger partial charge in [0.15, 0.2) is 11.6 Å². The maximum absolute atomic E-state index is 5.59. The van der Waals surface area contributed by atoms with Crippen molar-refractivity contribution in [3.63, 3.8) is 0 Å². The smallest absolute Gasteiger partial charge is 0.177 e. The number of nitrogens with zero attached hydrogens (tertiary/aromatic N) is 5. The van der Waals surface area contributed by atoms with Gasteiger partial charge in [-0.25, -0.2) is 9.67 Å². The van der Waals surface area contributed by atoms with E-state index in [0.29, 0.717) is 13.0 Å². The molecule has 0 spiro atoms. The molecule has 0 radical (unpaired) electrons. The van der Waals surface area contributed by atoms with Crippen molar-refractivity contribution in [2.24, 2.45) is 0 Å². The number of aromatic nitrogens is 5. The van der Waals surface area contributed by atoms with Crippen LogP contribution in [-0.2, 0) is 11.2 Å². The Morgan fingerprint density at radius 3 is 2.85 bits per heavy atom. The molecule has 0 aliphatic carbocycles. The summed E-state index contributed by atoms with van der Waals surface area (Å²) in [6.45, 7) is 5.66. The second kappa shape index (κ2) is 7.52. The van der Waals surface area contributed by atoms with Crippen LogP contribution in [-0.4, -0.2) is 44.9 Å². The fourth-order valence-electron chi connectivity index (χ4n) is 3.51. The van der Waals surface area contributed by atoms with Gasteiger partial charge < -0.3 is 9.47 Å². The van der Waals surface area contributed by atoms with Gasteiger partial charge in [0.2, 0.25) is 0 Å². The molecule has 4 rings (SSSR count). The molecule has 0 N–H and O–H groups in total. The average molecular weight is 367 g/mol. The van der Waals surface area contributed by atoms with Gasteiger partial charge in [-0.3, -0.25) is 4.68 Å². The summed E-state index contributed by atoms with van der Waals surface area (Å²) in [6.07, 6.45) is 3.38. The Bertz CT molecular complexity index is 909. The van der Waals surface area contributed by atoms with E-state index in [2.05, 4.69) is 25.0 Å². The number of hydrogen-bond donors (Lipinski definition) is 0. The predicted octanol–water partition coefficient (Wildman–Crippen LogP) is 3.28. The maximum Gasteiger partial charge on any atom is 0.177 e. The van der Waals surface area contributed by atoms with E-state index in [1.165, 1.54) is 0 Å². The van der Waals surface area contributed by atoms with Crippen LogP contribution in [0.4, 0.5) is 0 Å². The first-order valence-corrected chi connectivity index (χ1v) is 9.36. The van der Waals surface area contributed by atoms with Crippen molar-refractivity contribution < 1.29 is 9.47 Å². The number of rotatable bonds is 6. The molecule has 0 amide bonds. The molecule has 1 unspecified atom stereocenters. The van der Waals surface area contributed by atoms with Crippen molar-refractivity contribution in [3.05, 3.63) is 47.9 Å². The lowest BCUT2D eigenvalue weighted by Gasteiger charge is -2.14. The molecule has 142 valence electrons. The van der Waals surface area contributed by atoms with Crippen molar-refractivity contribution in [3.8, 4) is 17.3 Å². The largest absolute Gasteiger partial charge is 0.496 e. The van der Waals surface area contributed by atoms with Gasteiger partial charge in [-0.2, -0.15) is 10.2 Å². The third-order valence-corrected chi connectivity index (χ3v) is 4.86. The molecular formula is C20H25N5O2. The minimum Gasteiger partial charge on any atom is -0.496 e. The first-order valence-electron chi connectivity index (χ1n) is 9.36. The highest BCUT2D eigenvalue weighted by Crippen LogP contribution is 2.28. The highest BCUT2D eigenvalue weighted by atomic mass is 16.5. The summed E-state index contributed by atoms with van der Waals surface area (Å²) >= 11 is 0. The van der Waals surface area contributed by atoms with Gasteiger partial charge in [0.05, 0.1) is 19.8 Å². The van der Waals surface area contributed by atoms with Crippen molar-refractivity contribution in [1.29, 1.82) is 0 Å². The van der Waals surface area contributed by atoms with Gasteiger partial charge in [0.25, 0.3) is 0 Å². The third-order valence-electron chi connectivity index (χ3n) is 4.86. The molecule has 0 saturated carbocycles. The maximum atomic E-state index is 5.59. The zero-order valence-corrected chi connectivity index (χ0v) is 16.0. The van der Waals surface area contributed by atoms with Gasteiger partial charge in [0, 0.05) is 30.8 Å². The van der Waals surface area contributed by atoms with Crippen LogP contribution < -0.4 is 4.74 Å². The van der Waals surface area contributed by atoms with E-state index in [0.717, 1.165) is 41.7 Å². The third kappa shape index (κ3) is 3.47. The highest BCUT2D eigenvalue weighted by molar-refractivity contribution is 5.50. The van der Waals surface area contributed by atoms with E-state index >= 15 is 0 Å². The van der Waals surface area contributed by atoms with Crippen LogP contribution in [0.3, 0.4) is 0 Å². The molecule has 1 aromatic carbocycles. The first-order chi connectivity index (χ1) is 13.2. The zero-order valence-electron chi connectivity index (χ0n) is 16.0. The molecule has 3 aromatic rings. The quantitative estimate of drug-likeness (QED) is 0.669. The van der Waals surface area contributed by atoms with Crippen molar-refractivity contribution in [2.45, 2.75) is 38.8 Å². The molecule has 1 aliphatic heterocycles. The lowest BCUT2D eigenvalue weighted by atomic mass is 10.1. The van der Waals surface area contributed by atoms with Gasteiger partial charge in [-0.15, -0.1) is 0 Å². The van der Waals surface area contributed by atoms with Gasteiger partial charge in [-0.05, 0) is 32.4 Å². The van der Waals surface area contributed by atoms with Crippen molar-refractivity contribution in [1.82, 2.24) is 24.5 Å². The van der Waals surface area contributed by atoms with Crippen LogP contribution in [0, 0.1) is 0 Å².